The lowest BCUT2D eigenvalue weighted by atomic mass is 9.75. The zero-order valence-electron chi connectivity index (χ0n) is 13.2. The van der Waals surface area contributed by atoms with Crippen molar-refractivity contribution in [1.29, 1.82) is 0 Å². The second-order valence-corrected chi connectivity index (χ2v) is 7.65. The van der Waals surface area contributed by atoms with Gasteiger partial charge in [0.15, 0.2) is 0 Å². The van der Waals surface area contributed by atoms with E-state index in [4.69, 9.17) is 20.9 Å². The largest absolute Gasteiger partial charge is 0.496 e. The zero-order valence-corrected chi connectivity index (χ0v) is 14.0. The maximum Gasteiger partial charge on any atom is 0.496 e. The van der Waals surface area contributed by atoms with Crippen LogP contribution in [0.4, 0.5) is 4.39 Å². The molecule has 0 atom stereocenters. The van der Waals surface area contributed by atoms with Gasteiger partial charge in [0, 0.05) is 10.5 Å². The van der Waals surface area contributed by atoms with E-state index in [1.807, 2.05) is 40.7 Å². The van der Waals surface area contributed by atoms with Crippen LogP contribution in [-0.4, -0.2) is 18.3 Å². The van der Waals surface area contributed by atoms with Crippen molar-refractivity contribution in [2.45, 2.75) is 64.3 Å². The fourth-order valence-corrected chi connectivity index (χ4v) is 3.03. The third-order valence-electron chi connectivity index (χ3n) is 5.03. The highest BCUT2D eigenvalue weighted by Crippen LogP contribution is 2.50. The first-order valence-electron chi connectivity index (χ1n) is 7.41. The van der Waals surface area contributed by atoms with E-state index >= 15 is 0 Å². The van der Waals surface area contributed by atoms with Crippen LogP contribution in [0.5, 0.6) is 0 Å². The molecular formula is C16H21BClFO2. The van der Waals surface area contributed by atoms with E-state index in [0.29, 0.717) is 23.4 Å². The molecule has 0 spiro atoms. The van der Waals surface area contributed by atoms with Crippen LogP contribution in [-0.2, 0) is 15.0 Å². The second-order valence-electron chi connectivity index (χ2n) is 7.24. The number of hydrogen-bond donors (Lipinski definition) is 0. The van der Waals surface area contributed by atoms with Crippen LogP contribution in [0.3, 0.4) is 0 Å². The molecule has 3 rings (SSSR count). The smallest absolute Gasteiger partial charge is 0.399 e. The van der Waals surface area contributed by atoms with E-state index < -0.39 is 24.0 Å². The topological polar surface area (TPSA) is 18.5 Å². The Bertz CT molecular complexity index is 557. The number of aryl methyl sites for hydroxylation is 1. The van der Waals surface area contributed by atoms with Crippen LogP contribution in [0.2, 0.25) is 5.02 Å². The van der Waals surface area contributed by atoms with Gasteiger partial charge in [-0.15, -0.1) is 0 Å². The minimum atomic E-state index is -1.18. The van der Waals surface area contributed by atoms with Gasteiger partial charge in [0.1, 0.15) is 5.67 Å². The first-order valence-corrected chi connectivity index (χ1v) is 7.79. The quantitative estimate of drug-likeness (QED) is 0.771. The van der Waals surface area contributed by atoms with E-state index in [2.05, 4.69) is 0 Å². The van der Waals surface area contributed by atoms with Crippen LogP contribution in [0, 0.1) is 6.92 Å². The molecule has 21 heavy (non-hydrogen) atoms. The van der Waals surface area contributed by atoms with Crippen LogP contribution in [0.1, 0.15) is 51.7 Å². The van der Waals surface area contributed by atoms with Crippen LogP contribution >= 0.6 is 11.6 Å². The van der Waals surface area contributed by atoms with Crippen molar-refractivity contribution in [2.75, 3.05) is 0 Å². The Kier molecular flexibility index (Phi) is 3.26. The highest BCUT2D eigenvalue weighted by Gasteiger charge is 2.53. The van der Waals surface area contributed by atoms with Gasteiger partial charge in [0.2, 0.25) is 0 Å². The standard InChI is InChI=1S/C16H21BClFO2/c1-10-8-11(16(19)6-7-16)9-12(18)13(10)17-20-14(2,3)15(4,5)21-17/h8-9H,6-7H2,1-5H3. The second kappa shape index (κ2) is 4.47. The summed E-state index contributed by atoms with van der Waals surface area (Å²) in [6.45, 7) is 9.95. The van der Waals surface area contributed by atoms with Crippen molar-refractivity contribution in [3.05, 3.63) is 28.3 Å². The summed E-state index contributed by atoms with van der Waals surface area (Å²) in [7, 11) is -0.508. The Morgan fingerprint density at radius 1 is 1.10 bits per heavy atom. The van der Waals surface area contributed by atoms with Crippen LogP contribution in [0.15, 0.2) is 12.1 Å². The molecule has 1 saturated heterocycles. The molecule has 0 bridgehead atoms. The average molecular weight is 311 g/mol. The molecule has 2 nitrogen and oxygen atoms in total. The van der Waals surface area contributed by atoms with Crippen molar-refractivity contribution in [3.8, 4) is 0 Å². The summed E-state index contributed by atoms with van der Waals surface area (Å²) >= 11 is 6.41. The van der Waals surface area contributed by atoms with E-state index in [9.17, 15) is 4.39 Å². The van der Waals surface area contributed by atoms with Crippen molar-refractivity contribution in [1.82, 2.24) is 0 Å². The maximum absolute atomic E-state index is 14.2. The highest BCUT2D eigenvalue weighted by molar-refractivity contribution is 6.66. The van der Waals surface area contributed by atoms with Crippen LogP contribution < -0.4 is 5.46 Å². The molecule has 0 amide bonds. The maximum atomic E-state index is 14.2. The molecule has 1 aliphatic heterocycles. The Hall–Kier alpha value is -0.575. The number of alkyl halides is 1. The van der Waals surface area contributed by atoms with Gasteiger partial charge < -0.3 is 9.31 Å². The molecule has 0 unspecified atom stereocenters. The molecule has 0 N–H and O–H groups in total. The van der Waals surface area contributed by atoms with Gasteiger partial charge in [0.25, 0.3) is 0 Å². The molecule has 1 aromatic rings. The molecule has 1 heterocycles. The lowest BCUT2D eigenvalue weighted by Gasteiger charge is -2.32. The number of benzene rings is 1. The third kappa shape index (κ3) is 2.41. The van der Waals surface area contributed by atoms with Gasteiger partial charge in [-0.1, -0.05) is 17.7 Å². The lowest BCUT2D eigenvalue weighted by molar-refractivity contribution is 0.00578. The summed E-state index contributed by atoms with van der Waals surface area (Å²) in [5.74, 6) is 0. The normalized spacial score (nSPS) is 25.2. The van der Waals surface area contributed by atoms with Crippen molar-refractivity contribution < 1.29 is 13.7 Å². The molecule has 2 aliphatic rings. The van der Waals surface area contributed by atoms with E-state index in [-0.39, 0.29) is 0 Å². The summed E-state index contributed by atoms with van der Waals surface area (Å²) in [6, 6.07) is 3.60. The first kappa shape index (κ1) is 15.3. The Balaban J connectivity index is 1.97. The molecule has 5 heteroatoms. The van der Waals surface area contributed by atoms with Gasteiger partial charge in [-0.25, -0.2) is 4.39 Å². The summed E-state index contributed by atoms with van der Waals surface area (Å²) < 4.78 is 26.3. The average Bonchev–Trinajstić information content (AvgIpc) is 3.01. The van der Waals surface area contributed by atoms with E-state index in [0.717, 1.165) is 11.0 Å². The van der Waals surface area contributed by atoms with Gasteiger partial charge >= 0.3 is 7.12 Å². The fourth-order valence-electron chi connectivity index (χ4n) is 2.67. The third-order valence-corrected chi connectivity index (χ3v) is 5.34. The van der Waals surface area contributed by atoms with Gasteiger partial charge in [-0.3, -0.25) is 0 Å². The summed E-state index contributed by atoms with van der Waals surface area (Å²) in [6.07, 6.45) is 1.16. The SMILES string of the molecule is Cc1cc(C2(F)CC2)cc(Cl)c1B1OC(C)(C)C(C)(C)O1. The molecule has 2 fully saturated rings. The number of rotatable bonds is 2. The Morgan fingerprint density at radius 3 is 2.05 bits per heavy atom. The van der Waals surface area contributed by atoms with E-state index in [1.165, 1.54) is 0 Å². The highest BCUT2D eigenvalue weighted by atomic mass is 35.5. The Labute approximate surface area is 131 Å². The fraction of sp³-hybridized carbons (Fsp3) is 0.625. The lowest BCUT2D eigenvalue weighted by Crippen LogP contribution is -2.41. The number of hydrogen-bond acceptors (Lipinski definition) is 2. The molecule has 1 aromatic carbocycles. The Morgan fingerprint density at radius 2 is 1.62 bits per heavy atom. The van der Waals surface area contributed by atoms with Gasteiger partial charge in [-0.2, -0.15) is 0 Å². The zero-order chi connectivity index (χ0) is 15.6. The minimum absolute atomic E-state index is 0.413. The molecule has 0 aromatic heterocycles. The van der Waals surface area contributed by atoms with Gasteiger partial charge in [0.05, 0.1) is 11.2 Å². The summed E-state index contributed by atoms with van der Waals surface area (Å²) in [5, 5.41) is 0.521. The molecule has 1 saturated carbocycles. The minimum Gasteiger partial charge on any atom is -0.399 e. The summed E-state index contributed by atoms with van der Waals surface area (Å²) in [4.78, 5) is 0. The number of halogens is 2. The van der Waals surface area contributed by atoms with Gasteiger partial charge in [-0.05, 0) is 64.7 Å². The predicted octanol–water partition coefficient (Wildman–Crippen LogP) is 3.91. The molecule has 114 valence electrons. The first-order chi connectivity index (χ1) is 9.56. The van der Waals surface area contributed by atoms with Crippen molar-refractivity contribution in [2.24, 2.45) is 0 Å². The van der Waals surface area contributed by atoms with E-state index in [1.54, 1.807) is 6.07 Å². The molecular weight excluding hydrogens is 289 g/mol. The van der Waals surface area contributed by atoms with Crippen molar-refractivity contribution in [3.63, 3.8) is 0 Å². The monoisotopic (exact) mass is 310 g/mol. The summed E-state index contributed by atoms with van der Waals surface area (Å²) in [5.41, 5.74) is 0.393. The van der Waals surface area contributed by atoms with Crippen LogP contribution in [0.25, 0.3) is 0 Å². The van der Waals surface area contributed by atoms with Crippen molar-refractivity contribution >= 4 is 24.2 Å². The predicted molar refractivity (Wildman–Crippen MR) is 83.9 cm³/mol. The molecule has 1 aliphatic carbocycles. The molecule has 0 radical (unpaired) electrons.